The van der Waals surface area contributed by atoms with Gasteiger partial charge < -0.3 is 10.6 Å². The first kappa shape index (κ1) is 18.1. The van der Waals surface area contributed by atoms with E-state index >= 15 is 0 Å². The first-order chi connectivity index (χ1) is 9.75. The average Bonchev–Trinajstić information content (AvgIpc) is 2.43. The van der Waals surface area contributed by atoms with E-state index < -0.39 is 10.0 Å². The fraction of sp³-hybridized carbons (Fsp3) is 0.571. The molecule has 0 bridgehead atoms. The van der Waals surface area contributed by atoms with Crippen LogP contribution in [0, 0.1) is 0 Å². The summed E-state index contributed by atoms with van der Waals surface area (Å²) in [6, 6.07) is 5.31. The number of nitrogen functional groups attached to an aromatic ring is 1. The third-order valence-electron chi connectivity index (χ3n) is 3.54. The highest BCUT2D eigenvalue weighted by molar-refractivity contribution is 7.98. The fourth-order valence-corrected chi connectivity index (χ4v) is 3.90. The number of hydrogen-bond acceptors (Lipinski definition) is 5. The van der Waals surface area contributed by atoms with E-state index in [4.69, 9.17) is 5.73 Å². The molecule has 0 aliphatic rings. The number of anilines is 2. The van der Waals surface area contributed by atoms with E-state index in [0.29, 0.717) is 11.7 Å². The fourth-order valence-electron chi connectivity index (χ4n) is 2.12. The lowest BCUT2D eigenvalue weighted by atomic mass is 10.2. The Kier molecular flexibility index (Phi) is 6.37. The first-order valence-corrected chi connectivity index (χ1v) is 9.62. The summed E-state index contributed by atoms with van der Waals surface area (Å²) in [5.74, 6) is 1.00. The maximum absolute atomic E-state index is 12.1. The first-order valence-electron chi connectivity index (χ1n) is 6.79. The minimum absolute atomic E-state index is 0.222. The van der Waals surface area contributed by atoms with Gasteiger partial charge in [-0.15, -0.1) is 0 Å². The van der Waals surface area contributed by atoms with Crippen molar-refractivity contribution in [3.05, 3.63) is 18.2 Å². The van der Waals surface area contributed by atoms with Crippen LogP contribution in [0.25, 0.3) is 0 Å². The van der Waals surface area contributed by atoms with E-state index in [1.54, 1.807) is 23.9 Å². The van der Waals surface area contributed by atoms with Crippen molar-refractivity contribution < 1.29 is 8.42 Å². The molecule has 0 saturated heterocycles. The van der Waals surface area contributed by atoms with E-state index in [2.05, 4.69) is 18.1 Å². The highest BCUT2D eigenvalue weighted by Crippen LogP contribution is 2.28. The topological polar surface area (TPSA) is 66.6 Å². The van der Waals surface area contributed by atoms with Gasteiger partial charge in [-0.2, -0.15) is 11.8 Å². The van der Waals surface area contributed by atoms with Crippen molar-refractivity contribution in [3.63, 3.8) is 0 Å². The zero-order chi connectivity index (χ0) is 16.2. The van der Waals surface area contributed by atoms with Gasteiger partial charge in [0.2, 0.25) is 10.0 Å². The summed E-state index contributed by atoms with van der Waals surface area (Å²) < 4.78 is 25.4. The number of rotatable bonds is 7. The Hall–Kier alpha value is -0.920. The predicted molar refractivity (Wildman–Crippen MR) is 92.6 cm³/mol. The Bertz CT molecular complexity index is 574. The van der Waals surface area contributed by atoms with E-state index in [-0.39, 0.29) is 4.90 Å². The van der Waals surface area contributed by atoms with Crippen LogP contribution in [0.5, 0.6) is 0 Å². The van der Waals surface area contributed by atoms with Gasteiger partial charge in [0, 0.05) is 32.9 Å². The summed E-state index contributed by atoms with van der Waals surface area (Å²) >= 11 is 1.79. The molecule has 0 aliphatic heterocycles. The highest BCUT2D eigenvalue weighted by Gasteiger charge is 2.20. The maximum Gasteiger partial charge on any atom is 0.242 e. The second-order valence-corrected chi connectivity index (χ2v) is 8.20. The van der Waals surface area contributed by atoms with E-state index in [1.807, 2.05) is 7.05 Å². The lowest BCUT2D eigenvalue weighted by molar-refractivity contribution is 0.521. The van der Waals surface area contributed by atoms with Crippen LogP contribution in [0.1, 0.15) is 13.3 Å². The van der Waals surface area contributed by atoms with Gasteiger partial charge in [0.05, 0.1) is 16.3 Å². The number of nitrogens with zero attached hydrogens (tertiary/aromatic N) is 2. The Morgan fingerprint density at radius 1 is 1.29 bits per heavy atom. The molecule has 0 aromatic heterocycles. The quantitative estimate of drug-likeness (QED) is 0.775. The Balaban J connectivity index is 3.14. The van der Waals surface area contributed by atoms with Crippen LogP contribution in [0.15, 0.2) is 23.1 Å². The maximum atomic E-state index is 12.1. The third kappa shape index (κ3) is 4.05. The molecular weight excluding hydrogens is 306 g/mol. The van der Waals surface area contributed by atoms with Gasteiger partial charge in [0.1, 0.15) is 0 Å². The van der Waals surface area contributed by atoms with Crippen LogP contribution in [0.2, 0.25) is 0 Å². The van der Waals surface area contributed by atoms with Crippen LogP contribution >= 0.6 is 11.8 Å². The number of sulfonamides is 1. The zero-order valence-electron chi connectivity index (χ0n) is 13.3. The summed E-state index contributed by atoms with van der Waals surface area (Å²) in [7, 11) is 1.57. The summed E-state index contributed by atoms with van der Waals surface area (Å²) in [6.45, 7) is 2.14. The van der Waals surface area contributed by atoms with E-state index in [9.17, 15) is 8.42 Å². The molecule has 1 rings (SSSR count). The lowest BCUT2D eigenvalue weighted by Crippen LogP contribution is -2.33. The molecule has 0 amide bonds. The Morgan fingerprint density at radius 3 is 2.33 bits per heavy atom. The van der Waals surface area contributed by atoms with Crippen LogP contribution in [-0.2, 0) is 10.0 Å². The highest BCUT2D eigenvalue weighted by atomic mass is 32.2. The minimum atomic E-state index is -3.45. The van der Waals surface area contributed by atoms with Crippen molar-refractivity contribution in [2.24, 2.45) is 0 Å². The molecule has 0 aliphatic carbocycles. The summed E-state index contributed by atoms with van der Waals surface area (Å²) in [6.07, 6.45) is 3.08. The molecule has 21 heavy (non-hydrogen) atoms. The molecule has 120 valence electrons. The normalized spacial score (nSPS) is 13.4. The smallest absolute Gasteiger partial charge is 0.242 e. The van der Waals surface area contributed by atoms with Crippen LogP contribution < -0.4 is 10.6 Å². The lowest BCUT2D eigenvalue weighted by Gasteiger charge is -2.30. The SMILES string of the molecule is CCC(CSC)N(C)c1ccc(S(=O)(=O)N(C)C)cc1N. The second kappa shape index (κ2) is 7.38. The molecule has 1 atom stereocenters. The number of benzene rings is 1. The molecule has 1 unspecified atom stereocenters. The zero-order valence-corrected chi connectivity index (χ0v) is 15.0. The number of nitrogens with two attached hydrogens (primary N) is 1. The third-order valence-corrected chi connectivity index (χ3v) is 6.06. The van der Waals surface area contributed by atoms with Crippen molar-refractivity contribution >= 4 is 33.2 Å². The number of hydrogen-bond donors (Lipinski definition) is 1. The van der Waals surface area contributed by atoms with Crippen molar-refractivity contribution in [1.82, 2.24) is 4.31 Å². The van der Waals surface area contributed by atoms with Crippen molar-refractivity contribution in [2.75, 3.05) is 43.8 Å². The van der Waals surface area contributed by atoms with E-state index in [0.717, 1.165) is 17.9 Å². The number of thioether (sulfide) groups is 1. The molecule has 1 aromatic rings. The molecule has 2 N–H and O–H groups in total. The van der Waals surface area contributed by atoms with Gasteiger partial charge in [-0.3, -0.25) is 0 Å². The molecule has 0 radical (unpaired) electrons. The molecule has 0 fully saturated rings. The monoisotopic (exact) mass is 331 g/mol. The van der Waals surface area contributed by atoms with Crippen LogP contribution in [-0.4, -0.2) is 51.9 Å². The van der Waals surface area contributed by atoms with E-state index in [1.165, 1.54) is 24.5 Å². The van der Waals surface area contributed by atoms with Crippen molar-refractivity contribution in [3.8, 4) is 0 Å². The molecule has 5 nitrogen and oxygen atoms in total. The second-order valence-electron chi connectivity index (χ2n) is 5.14. The molecular formula is C14H25N3O2S2. The van der Waals surface area contributed by atoms with Gasteiger partial charge in [-0.1, -0.05) is 6.92 Å². The minimum Gasteiger partial charge on any atom is -0.397 e. The Morgan fingerprint density at radius 2 is 1.90 bits per heavy atom. The standard InChI is InChI=1S/C14H25N3O2S2/c1-6-11(10-20-5)17(4)14-8-7-12(9-13(14)15)21(18,19)16(2)3/h7-9,11H,6,10,15H2,1-5H3. The van der Waals surface area contributed by atoms with Gasteiger partial charge >= 0.3 is 0 Å². The molecule has 7 heteroatoms. The molecule has 0 spiro atoms. The summed E-state index contributed by atoms with van der Waals surface area (Å²) in [4.78, 5) is 2.35. The summed E-state index contributed by atoms with van der Waals surface area (Å²) in [5, 5.41) is 0. The van der Waals surface area contributed by atoms with Crippen LogP contribution in [0.3, 0.4) is 0 Å². The van der Waals surface area contributed by atoms with Gasteiger partial charge in [0.15, 0.2) is 0 Å². The Labute approximate surface area is 132 Å². The van der Waals surface area contributed by atoms with Gasteiger partial charge in [0.25, 0.3) is 0 Å². The predicted octanol–water partition coefficient (Wildman–Crippen LogP) is 2.10. The average molecular weight is 332 g/mol. The summed E-state index contributed by atoms with van der Waals surface area (Å²) in [5.41, 5.74) is 7.43. The van der Waals surface area contributed by atoms with Crippen molar-refractivity contribution in [2.45, 2.75) is 24.3 Å². The van der Waals surface area contributed by atoms with Gasteiger partial charge in [-0.25, -0.2) is 12.7 Å². The molecule has 1 aromatic carbocycles. The van der Waals surface area contributed by atoms with Crippen LogP contribution in [0.4, 0.5) is 11.4 Å². The largest absolute Gasteiger partial charge is 0.397 e. The van der Waals surface area contributed by atoms with Gasteiger partial charge in [-0.05, 0) is 30.9 Å². The van der Waals surface area contributed by atoms with Crippen molar-refractivity contribution in [1.29, 1.82) is 0 Å². The molecule has 0 heterocycles. The molecule has 0 saturated carbocycles.